The Morgan fingerprint density at radius 2 is 1.76 bits per heavy atom. The van der Waals surface area contributed by atoms with Gasteiger partial charge in [-0.3, -0.25) is 14.2 Å². The Labute approximate surface area is 177 Å². The SMILES string of the molecule is O=C1C(=C2Oc3ccccc3N2CCCS(=O)(=O)O)SC(=S)N1c1ccccc1. The molecule has 0 aliphatic carbocycles. The van der Waals surface area contributed by atoms with Crippen LogP contribution in [0.25, 0.3) is 0 Å². The van der Waals surface area contributed by atoms with Gasteiger partial charge in [0.1, 0.15) is 4.91 Å². The van der Waals surface area contributed by atoms with Crippen molar-refractivity contribution in [1.29, 1.82) is 0 Å². The molecule has 0 aromatic heterocycles. The first-order valence-electron chi connectivity index (χ1n) is 8.70. The number of ether oxygens (including phenoxy) is 1. The average molecular weight is 449 g/mol. The molecule has 7 nitrogen and oxygen atoms in total. The number of hydrogen-bond donors (Lipinski definition) is 1. The van der Waals surface area contributed by atoms with E-state index >= 15 is 0 Å². The summed E-state index contributed by atoms with van der Waals surface area (Å²) in [5.74, 6) is 0.203. The lowest BCUT2D eigenvalue weighted by atomic mass is 10.2. The third kappa shape index (κ3) is 4.01. The maximum Gasteiger partial charge on any atom is 0.276 e. The van der Waals surface area contributed by atoms with Crippen LogP contribution >= 0.6 is 24.0 Å². The molecule has 0 spiro atoms. The van der Waals surface area contributed by atoms with Crippen molar-refractivity contribution in [3.8, 4) is 5.75 Å². The summed E-state index contributed by atoms with van der Waals surface area (Å²) in [6, 6.07) is 16.3. The molecule has 29 heavy (non-hydrogen) atoms. The van der Waals surface area contributed by atoms with Crippen molar-refractivity contribution in [2.45, 2.75) is 6.42 Å². The van der Waals surface area contributed by atoms with Gasteiger partial charge in [0.15, 0.2) is 10.1 Å². The minimum absolute atomic E-state index is 0.166. The van der Waals surface area contributed by atoms with Crippen molar-refractivity contribution in [3.63, 3.8) is 0 Å². The molecule has 0 bridgehead atoms. The molecule has 1 N–H and O–H groups in total. The largest absolute Gasteiger partial charge is 0.437 e. The highest BCUT2D eigenvalue weighted by atomic mass is 32.2. The van der Waals surface area contributed by atoms with Crippen LogP contribution in [0.3, 0.4) is 0 Å². The van der Waals surface area contributed by atoms with Gasteiger partial charge in [-0.25, -0.2) is 0 Å². The molecule has 2 heterocycles. The first-order valence-corrected chi connectivity index (χ1v) is 11.5. The van der Waals surface area contributed by atoms with Gasteiger partial charge in [0.25, 0.3) is 16.0 Å². The van der Waals surface area contributed by atoms with Gasteiger partial charge in [-0.2, -0.15) is 8.42 Å². The molecule has 2 aromatic rings. The Balaban J connectivity index is 1.69. The van der Waals surface area contributed by atoms with Crippen LogP contribution in [0, 0.1) is 0 Å². The van der Waals surface area contributed by atoms with Gasteiger partial charge in [-0.05, 0) is 42.4 Å². The first kappa shape index (κ1) is 19.9. The number of carbonyl (C=O) groups is 1. The fourth-order valence-electron chi connectivity index (χ4n) is 3.13. The number of rotatable bonds is 5. The van der Waals surface area contributed by atoms with Crippen molar-refractivity contribution in [1.82, 2.24) is 0 Å². The number of carbonyl (C=O) groups excluding carboxylic acids is 1. The Kier molecular flexibility index (Phi) is 5.34. The van der Waals surface area contributed by atoms with E-state index in [-0.39, 0.29) is 24.6 Å². The summed E-state index contributed by atoms with van der Waals surface area (Å²) in [6.07, 6.45) is 0.166. The van der Waals surface area contributed by atoms with Crippen LogP contribution < -0.4 is 14.5 Å². The van der Waals surface area contributed by atoms with Gasteiger partial charge in [0.05, 0.1) is 17.1 Å². The number of nitrogens with zero attached hydrogens (tertiary/aromatic N) is 2. The van der Waals surface area contributed by atoms with E-state index in [1.54, 1.807) is 23.1 Å². The number of amides is 1. The molecular formula is C19H16N2O5S3. The van der Waals surface area contributed by atoms with Gasteiger partial charge >= 0.3 is 0 Å². The third-order valence-electron chi connectivity index (χ3n) is 4.37. The van der Waals surface area contributed by atoms with Crippen molar-refractivity contribution in [2.24, 2.45) is 0 Å². The van der Waals surface area contributed by atoms with Crippen molar-refractivity contribution in [3.05, 3.63) is 65.4 Å². The second-order valence-electron chi connectivity index (χ2n) is 6.34. The molecule has 1 fully saturated rings. The smallest absolute Gasteiger partial charge is 0.276 e. The van der Waals surface area contributed by atoms with Crippen LogP contribution in [0.5, 0.6) is 5.75 Å². The molecule has 0 atom stereocenters. The fourth-order valence-corrected chi connectivity index (χ4v) is 4.93. The van der Waals surface area contributed by atoms with Crippen LogP contribution in [0.2, 0.25) is 0 Å². The van der Waals surface area contributed by atoms with Crippen LogP contribution in [0.4, 0.5) is 11.4 Å². The number of para-hydroxylation sites is 3. The highest BCUT2D eigenvalue weighted by Gasteiger charge is 2.40. The summed E-state index contributed by atoms with van der Waals surface area (Å²) in [5, 5.41) is 0. The molecule has 4 rings (SSSR count). The van der Waals surface area contributed by atoms with Gasteiger partial charge < -0.3 is 9.64 Å². The molecule has 1 amide bonds. The summed E-state index contributed by atoms with van der Waals surface area (Å²) in [7, 11) is -4.08. The normalized spacial score (nSPS) is 18.9. The van der Waals surface area contributed by atoms with Crippen LogP contribution in [0.15, 0.2) is 65.4 Å². The topological polar surface area (TPSA) is 87.1 Å². The Morgan fingerprint density at radius 1 is 1.07 bits per heavy atom. The lowest BCUT2D eigenvalue weighted by Crippen LogP contribution is -2.30. The van der Waals surface area contributed by atoms with E-state index in [1.165, 1.54) is 4.90 Å². The second-order valence-corrected chi connectivity index (χ2v) is 9.56. The van der Waals surface area contributed by atoms with E-state index in [9.17, 15) is 13.2 Å². The van der Waals surface area contributed by atoms with Crippen molar-refractivity contribution < 1.29 is 22.5 Å². The minimum atomic E-state index is -4.08. The molecule has 10 heteroatoms. The second kappa shape index (κ2) is 7.79. The van der Waals surface area contributed by atoms with E-state index in [1.807, 2.05) is 36.4 Å². The number of benzene rings is 2. The molecule has 2 aromatic carbocycles. The van der Waals surface area contributed by atoms with E-state index in [0.29, 0.717) is 26.5 Å². The van der Waals surface area contributed by atoms with Gasteiger partial charge in [-0.15, -0.1) is 0 Å². The maximum absolute atomic E-state index is 13.2. The minimum Gasteiger partial charge on any atom is -0.437 e. The zero-order valence-electron chi connectivity index (χ0n) is 15.0. The summed E-state index contributed by atoms with van der Waals surface area (Å²) in [4.78, 5) is 16.7. The predicted molar refractivity (Wildman–Crippen MR) is 117 cm³/mol. The molecule has 150 valence electrons. The Hall–Kier alpha value is -2.40. The highest BCUT2D eigenvalue weighted by Crippen LogP contribution is 2.45. The maximum atomic E-state index is 13.2. The zero-order valence-corrected chi connectivity index (χ0v) is 17.5. The average Bonchev–Trinajstić information content (AvgIpc) is 3.18. The zero-order chi connectivity index (χ0) is 20.6. The number of thioether (sulfide) groups is 1. The number of hydrogen-bond acceptors (Lipinski definition) is 7. The van der Waals surface area contributed by atoms with Gasteiger partial charge in [0, 0.05) is 6.54 Å². The van der Waals surface area contributed by atoms with Gasteiger partial charge in [0.2, 0.25) is 5.88 Å². The number of fused-ring (bicyclic) bond motifs is 1. The van der Waals surface area contributed by atoms with Crippen LogP contribution in [-0.4, -0.2) is 35.5 Å². The van der Waals surface area contributed by atoms with E-state index in [4.69, 9.17) is 21.5 Å². The molecule has 2 aliphatic heterocycles. The molecule has 1 saturated heterocycles. The molecule has 0 unspecified atom stereocenters. The fraction of sp³-hybridized carbons (Fsp3) is 0.158. The first-order chi connectivity index (χ1) is 13.8. The third-order valence-corrected chi connectivity index (χ3v) is 6.52. The predicted octanol–water partition coefficient (Wildman–Crippen LogP) is 3.40. The monoisotopic (exact) mass is 448 g/mol. The lowest BCUT2D eigenvalue weighted by Gasteiger charge is -2.19. The van der Waals surface area contributed by atoms with Crippen molar-refractivity contribution in [2.75, 3.05) is 22.1 Å². The summed E-state index contributed by atoms with van der Waals surface area (Å²) < 4.78 is 37.6. The van der Waals surface area contributed by atoms with Crippen LogP contribution in [0.1, 0.15) is 6.42 Å². The standard InChI is InChI=1S/C19H16N2O5S3/c22-17-16(28-19(27)21(17)13-7-2-1-3-8-13)18-20(11-6-12-29(23,24)25)14-9-4-5-10-15(14)26-18/h1-5,7-10H,6,11-12H2,(H,23,24,25). The number of anilines is 2. The summed E-state index contributed by atoms with van der Waals surface area (Å²) in [5.41, 5.74) is 1.39. The van der Waals surface area contributed by atoms with Gasteiger partial charge in [-0.1, -0.05) is 42.5 Å². The van der Waals surface area contributed by atoms with E-state index < -0.39 is 10.1 Å². The molecule has 0 saturated carbocycles. The summed E-state index contributed by atoms with van der Waals surface area (Å²) >= 11 is 6.56. The molecule has 0 radical (unpaired) electrons. The van der Waals surface area contributed by atoms with E-state index in [0.717, 1.165) is 17.4 Å². The quantitative estimate of drug-likeness (QED) is 0.423. The Morgan fingerprint density at radius 3 is 2.48 bits per heavy atom. The number of thiocarbonyl (C=S) groups is 1. The lowest BCUT2D eigenvalue weighted by molar-refractivity contribution is -0.113. The Bertz CT molecular complexity index is 1120. The van der Waals surface area contributed by atoms with Crippen molar-refractivity contribution >= 4 is 55.7 Å². The molecular weight excluding hydrogens is 432 g/mol. The van der Waals surface area contributed by atoms with E-state index in [2.05, 4.69) is 0 Å². The highest BCUT2D eigenvalue weighted by molar-refractivity contribution is 8.27. The van der Waals surface area contributed by atoms with Crippen LogP contribution in [-0.2, 0) is 14.9 Å². The summed E-state index contributed by atoms with van der Waals surface area (Å²) in [6.45, 7) is 0.252. The molecule has 2 aliphatic rings.